The first kappa shape index (κ1) is 19.9. The summed E-state index contributed by atoms with van der Waals surface area (Å²) in [6.45, 7) is 0.438. The molecule has 4 nitrogen and oxygen atoms in total. The molecule has 6 heteroatoms. The summed E-state index contributed by atoms with van der Waals surface area (Å²) in [5.41, 5.74) is 2.64. The van der Waals surface area contributed by atoms with Crippen molar-refractivity contribution in [2.45, 2.75) is 6.42 Å². The van der Waals surface area contributed by atoms with E-state index in [1.165, 1.54) is 5.01 Å². The fourth-order valence-electron chi connectivity index (χ4n) is 2.50. The van der Waals surface area contributed by atoms with Gasteiger partial charge in [-0.25, -0.2) is 9.80 Å². The van der Waals surface area contributed by atoms with Gasteiger partial charge >= 0.3 is 6.03 Å². The van der Waals surface area contributed by atoms with Crippen LogP contribution < -0.4 is 5.32 Å². The molecule has 3 aromatic rings. The van der Waals surface area contributed by atoms with Crippen LogP contribution in [0.3, 0.4) is 0 Å². The van der Waals surface area contributed by atoms with Gasteiger partial charge in [-0.05, 0) is 53.9 Å². The first-order valence-corrected chi connectivity index (χ1v) is 9.53. The zero-order chi connectivity index (χ0) is 19.8. The van der Waals surface area contributed by atoms with E-state index in [-0.39, 0.29) is 6.03 Å². The van der Waals surface area contributed by atoms with Crippen molar-refractivity contribution < 1.29 is 4.79 Å². The molecule has 1 N–H and O–H groups in total. The molecule has 0 spiro atoms. The van der Waals surface area contributed by atoms with Gasteiger partial charge in [-0.1, -0.05) is 65.7 Å². The van der Waals surface area contributed by atoms with Crippen LogP contribution in [0.15, 0.2) is 84.0 Å². The van der Waals surface area contributed by atoms with Gasteiger partial charge in [-0.15, -0.1) is 0 Å². The molecule has 0 radical (unpaired) electrons. The standard InChI is InChI=1S/C22H19Cl2N3O/c23-19-8-6-18(7-9-19)16-25-27(15-14-17-4-2-1-3-5-17)22(28)26-21-12-10-20(24)11-13-21/h1-13,16H,14-15H2,(H,26,28)/b25-16-. The SMILES string of the molecule is O=C(Nc1ccc(Cl)cc1)N(CCc1ccccc1)/N=C\c1ccc(Cl)cc1. The quantitative estimate of drug-likeness (QED) is 0.386. The summed E-state index contributed by atoms with van der Waals surface area (Å²) in [5, 5.41) is 9.90. The maximum absolute atomic E-state index is 12.7. The number of rotatable bonds is 6. The Kier molecular flexibility index (Phi) is 7.06. The van der Waals surface area contributed by atoms with Crippen LogP contribution in [-0.2, 0) is 6.42 Å². The van der Waals surface area contributed by atoms with Crippen molar-refractivity contribution in [3.05, 3.63) is 100 Å². The molecular formula is C22H19Cl2N3O. The van der Waals surface area contributed by atoms with Gasteiger partial charge in [-0.3, -0.25) is 0 Å². The fourth-order valence-corrected chi connectivity index (χ4v) is 2.75. The summed E-state index contributed by atoms with van der Waals surface area (Å²) in [6.07, 6.45) is 2.33. The van der Waals surface area contributed by atoms with Crippen molar-refractivity contribution >= 4 is 41.1 Å². The molecule has 0 saturated carbocycles. The Labute approximate surface area is 174 Å². The largest absolute Gasteiger partial charge is 0.342 e. The van der Waals surface area contributed by atoms with Crippen LogP contribution >= 0.6 is 23.2 Å². The van der Waals surface area contributed by atoms with Crippen LogP contribution in [0, 0.1) is 0 Å². The number of hydrogen-bond donors (Lipinski definition) is 1. The van der Waals surface area contributed by atoms with Crippen molar-refractivity contribution in [1.29, 1.82) is 0 Å². The molecule has 3 rings (SSSR count). The first-order chi connectivity index (χ1) is 13.6. The number of urea groups is 1. The normalized spacial score (nSPS) is 10.8. The summed E-state index contributed by atoms with van der Waals surface area (Å²) in [6, 6.07) is 23.9. The van der Waals surface area contributed by atoms with Gasteiger partial charge in [0.25, 0.3) is 0 Å². The van der Waals surface area contributed by atoms with E-state index >= 15 is 0 Å². The smallest absolute Gasteiger partial charge is 0.306 e. The van der Waals surface area contributed by atoms with E-state index in [0.29, 0.717) is 28.7 Å². The Morgan fingerprint density at radius 3 is 2.14 bits per heavy atom. The van der Waals surface area contributed by atoms with E-state index in [4.69, 9.17) is 23.2 Å². The van der Waals surface area contributed by atoms with Crippen LogP contribution in [-0.4, -0.2) is 23.8 Å². The Morgan fingerprint density at radius 1 is 0.893 bits per heavy atom. The summed E-state index contributed by atoms with van der Waals surface area (Å²) < 4.78 is 0. The highest BCUT2D eigenvalue weighted by Gasteiger charge is 2.12. The second-order valence-corrected chi connectivity index (χ2v) is 6.96. The molecule has 142 valence electrons. The molecule has 28 heavy (non-hydrogen) atoms. The van der Waals surface area contributed by atoms with Crippen molar-refractivity contribution in [3.8, 4) is 0 Å². The summed E-state index contributed by atoms with van der Waals surface area (Å²) in [7, 11) is 0. The summed E-state index contributed by atoms with van der Waals surface area (Å²) in [5.74, 6) is 0. The lowest BCUT2D eigenvalue weighted by atomic mass is 10.1. The minimum Gasteiger partial charge on any atom is -0.306 e. The minimum atomic E-state index is -0.316. The maximum atomic E-state index is 12.7. The number of anilines is 1. The number of halogens is 2. The van der Waals surface area contributed by atoms with Crippen LogP contribution in [0.2, 0.25) is 10.0 Å². The molecule has 0 fully saturated rings. The molecule has 2 amide bonds. The lowest BCUT2D eigenvalue weighted by Crippen LogP contribution is -2.32. The number of amides is 2. The number of hydrogen-bond acceptors (Lipinski definition) is 2. The Hall–Kier alpha value is -2.82. The van der Waals surface area contributed by atoms with Gasteiger partial charge in [0.15, 0.2) is 0 Å². The average Bonchev–Trinajstić information content (AvgIpc) is 2.72. The van der Waals surface area contributed by atoms with Gasteiger partial charge in [0.05, 0.1) is 12.8 Å². The topological polar surface area (TPSA) is 44.7 Å². The highest BCUT2D eigenvalue weighted by molar-refractivity contribution is 6.30. The number of hydrazone groups is 1. The zero-order valence-electron chi connectivity index (χ0n) is 15.1. The highest BCUT2D eigenvalue weighted by atomic mass is 35.5. The molecule has 0 atom stereocenters. The lowest BCUT2D eigenvalue weighted by Gasteiger charge is -2.18. The minimum absolute atomic E-state index is 0.316. The van der Waals surface area contributed by atoms with Crippen molar-refractivity contribution in [3.63, 3.8) is 0 Å². The van der Waals surface area contributed by atoms with Gasteiger partial charge in [0.2, 0.25) is 0 Å². The molecule has 0 heterocycles. The van der Waals surface area contributed by atoms with Crippen molar-refractivity contribution in [2.24, 2.45) is 5.10 Å². The predicted molar refractivity (Wildman–Crippen MR) is 116 cm³/mol. The van der Waals surface area contributed by atoms with E-state index < -0.39 is 0 Å². The third-order valence-corrected chi connectivity index (χ3v) is 4.51. The van der Waals surface area contributed by atoms with Gasteiger partial charge < -0.3 is 5.32 Å². The average molecular weight is 412 g/mol. The molecule has 0 bridgehead atoms. The van der Waals surface area contributed by atoms with E-state index in [0.717, 1.165) is 11.1 Å². The van der Waals surface area contributed by atoms with Crippen molar-refractivity contribution in [1.82, 2.24) is 5.01 Å². The van der Waals surface area contributed by atoms with Crippen LogP contribution in [0.25, 0.3) is 0 Å². The molecular weight excluding hydrogens is 393 g/mol. The Balaban J connectivity index is 1.73. The number of nitrogens with one attached hydrogen (secondary N) is 1. The number of carbonyl (C=O) groups is 1. The number of nitrogens with zero attached hydrogens (tertiary/aromatic N) is 2. The zero-order valence-corrected chi connectivity index (χ0v) is 16.6. The third-order valence-electron chi connectivity index (χ3n) is 4.00. The summed E-state index contributed by atoms with van der Waals surface area (Å²) in [4.78, 5) is 12.7. The second kappa shape index (κ2) is 9.93. The van der Waals surface area contributed by atoms with Gasteiger partial charge in [0, 0.05) is 15.7 Å². The van der Waals surface area contributed by atoms with Crippen LogP contribution in [0.5, 0.6) is 0 Å². The Bertz CT molecular complexity index is 926. The van der Waals surface area contributed by atoms with E-state index in [1.807, 2.05) is 42.5 Å². The maximum Gasteiger partial charge on any atom is 0.342 e. The van der Waals surface area contributed by atoms with Gasteiger partial charge in [0.1, 0.15) is 0 Å². The molecule has 0 aliphatic heterocycles. The fraction of sp³-hybridized carbons (Fsp3) is 0.0909. The molecule has 0 unspecified atom stereocenters. The Morgan fingerprint density at radius 2 is 1.50 bits per heavy atom. The van der Waals surface area contributed by atoms with Gasteiger partial charge in [-0.2, -0.15) is 5.10 Å². The monoisotopic (exact) mass is 411 g/mol. The predicted octanol–water partition coefficient (Wildman–Crippen LogP) is 6.10. The lowest BCUT2D eigenvalue weighted by molar-refractivity contribution is 0.215. The van der Waals surface area contributed by atoms with E-state index in [1.54, 1.807) is 42.6 Å². The highest BCUT2D eigenvalue weighted by Crippen LogP contribution is 2.14. The third kappa shape index (κ3) is 6.12. The first-order valence-electron chi connectivity index (χ1n) is 8.78. The second-order valence-electron chi connectivity index (χ2n) is 6.09. The van der Waals surface area contributed by atoms with Crippen LogP contribution in [0.4, 0.5) is 10.5 Å². The number of carbonyl (C=O) groups excluding carboxylic acids is 1. The molecule has 0 aliphatic rings. The van der Waals surface area contributed by atoms with Crippen molar-refractivity contribution in [2.75, 3.05) is 11.9 Å². The molecule has 3 aromatic carbocycles. The number of benzene rings is 3. The molecule has 0 aromatic heterocycles. The summed E-state index contributed by atoms with van der Waals surface area (Å²) >= 11 is 11.8. The molecule has 0 aliphatic carbocycles. The molecule has 0 saturated heterocycles. The van der Waals surface area contributed by atoms with E-state index in [9.17, 15) is 4.79 Å². The van der Waals surface area contributed by atoms with Crippen LogP contribution in [0.1, 0.15) is 11.1 Å². The van der Waals surface area contributed by atoms with E-state index in [2.05, 4.69) is 10.4 Å².